The maximum atomic E-state index is 13.3. The molecule has 0 saturated heterocycles. The first-order valence-corrected chi connectivity index (χ1v) is 8.40. The molecule has 1 N–H and O–H groups in total. The summed E-state index contributed by atoms with van der Waals surface area (Å²) >= 11 is 1.74. The van der Waals surface area contributed by atoms with Crippen LogP contribution in [-0.2, 0) is 13.0 Å². The zero-order valence-electron chi connectivity index (χ0n) is 14.5. The van der Waals surface area contributed by atoms with Crippen LogP contribution in [0, 0.1) is 19.7 Å². The molecule has 0 aliphatic heterocycles. The normalized spacial score (nSPS) is 11.1. The molecule has 0 atom stereocenters. The molecule has 0 aliphatic carbocycles. The molecule has 2 rings (SSSR count). The van der Waals surface area contributed by atoms with Crippen LogP contribution in [0.25, 0.3) is 0 Å². The maximum absolute atomic E-state index is 13.3. The SMILES string of the molecule is CN=C(NCCc1sc(C)nc1C)N(C)Cc1cccc(F)c1.I. The van der Waals surface area contributed by atoms with Gasteiger partial charge in [-0.15, -0.1) is 35.3 Å². The van der Waals surface area contributed by atoms with Gasteiger partial charge in [-0.25, -0.2) is 9.37 Å². The quantitative estimate of drug-likeness (QED) is 0.418. The van der Waals surface area contributed by atoms with Crippen LogP contribution < -0.4 is 5.32 Å². The zero-order chi connectivity index (χ0) is 16.8. The van der Waals surface area contributed by atoms with Crippen LogP contribution in [0.3, 0.4) is 0 Å². The van der Waals surface area contributed by atoms with E-state index in [0.717, 1.165) is 35.2 Å². The van der Waals surface area contributed by atoms with Crippen molar-refractivity contribution in [2.45, 2.75) is 26.8 Å². The van der Waals surface area contributed by atoms with Crippen LogP contribution in [0.5, 0.6) is 0 Å². The lowest BCUT2D eigenvalue weighted by Crippen LogP contribution is -2.39. The minimum atomic E-state index is -0.213. The van der Waals surface area contributed by atoms with E-state index in [9.17, 15) is 4.39 Å². The zero-order valence-corrected chi connectivity index (χ0v) is 17.6. The fraction of sp³-hybridized carbons (Fsp3) is 0.412. The number of benzene rings is 1. The van der Waals surface area contributed by atoms with E-state index in [4.69, 9.17) is 0 Å². The molecule has 0 saturated carbocycles. The number of guanidine groups is 1. The largest absolute Gasteiger partial charge is 0.356 e. The Bertz CT molecular complexity index is 687. The first kappa shape index (κ1) is 20.8. The van der Waals surface area contributed by atoms with Crippen LogP contribution >= 0.6 is 35.3 Å². The average molecular weight is 462 g/mol. The van der Waals surface area contributed by atoms with Crippen molar-refractivity contribution in [2.24, 2.45) is 4.99 Å². The second kappa shape index (κ2) is 9.93. The van der Waals surface area contributed by atoms with Crippen LogP contribution in [0.15, 0.2) is 29.3 Å². The van der Waals surface area contributed by atoms with Gasteiger partial charge in [0.1, 0.15) is 5.82 Å². The summed E-state index contributed by atoms with van der Waals surface area (Å²) in [5.41, 5.74) is 2.03. The third-order valence-corrected chi connectivity index (χ3v) is 4.65. The number of aliphatic imine (C=N–C) groups is 1. The van der Waals surface area contributed by atoms with Crippen LogP contribution in [0.1, 0.15) is 21.1 Å². The lowest BCUT2D eigenvalue weighted by molar-refractivity contribution is 0.475. The Morgan fingerprint density at radius 3 is 2.71 bits per heavy atom. The topological polar surface area (TPSA) is 40.5 Å². The van der Waals surface area contributed by atoms with Gasteiger partial charge in [0.05, 0.1) is 10.7 Å². The molecule has 1 aromatic carbocycles. The lowest BCUT2D eigenvalue weighted by Gasteiger charge is -2.22. The predicted molar refractivity (Wildman–Crippen MR) is 110 cm³/mol. The standard InChI is InChI=1S/C17H23FN4S.HI/c1-12-16(23-13(2)21-12)8-9-20-17(19-3)22(4)11-14-6-5-7-15(18)10-14;/h5-7,10H,8-9,11H2,1-4H3,(H,19,20);1H. The van der Waals surface area contributed by atoms with Gasteiger partial charge in [0.15, 0.2) is 5.96 Å². The van der Waals surface area contributed by atoms with Gasteiger partial charge < -0.3 is 10.2 Å². The smallest absolute Gasteiger partial charge is 0.193 e. The summed E-state index contributed by atoms with van der Waals surface area (Å²) in [4.78, 5) is 12.0. The summed E-state index contributed by atoms with van der Waals surface area (Å²) in [6, 6.07) is 6.64. The van der Waals surface area contributed by atoms with E-state index in [-0.39, 0.29) is 29.8 Å². The van der Waals surface area contributed by atoms with Crippen LogP contribution in [0.2, 0.25) is 0 Å². The van der Waals surface area contributed by atoms with Gasteiger partial charge in [-0.1, -0.05) is 12.1 Å². The number of rotatable bonds is 5. The fourth-order valence-corrected chi connectivity index (χ4v) is 3.40. The number of hydrogen-bond acceptors (Lipinski definition) is 3. The third kappa shape index (κ3) is 6.01. The highest BCUT2D eigenvalue weighted by Gasteiger charge is 2.09. The third-order valence-electron chi connectivity index (χ3n) is 3.52. The Morgan fingerprint density at radius 1 is 1.38 bits per heavy atom. The van der Waals surface area contributed by atoms with Crippen molar-refractivity contribution in [1.82, 2.24) is 15.2 Å². The van der Waals surface area contributed by atoms with Gasteiger partial charge in [-0.2, -0.15) is 0 Å². The van der Waals surface area contributed by atoms with E-state index < -0.39 is 0 Å². The summed E-state index contributed by atoms with van der Waals surface area (Å²) < 4.78 is 13.3. The van der Waals surface area contributed by atoms with E-state index in [0.29, 0.717) is 6.54 Å². The second-order valence-corrected chi connectivity index (χ2v) is 6.74. The molecule has 0 radical (unpaired) electrons. The molecule has 7 heteroatoms. The second-order valence-electron chi connectivity index (χ2n) is 5.45. The molecule has 24 heavy (non-hydrogen) atoms. The predicted octanol–water partition coefficient (Wildman–Crippen LogP) is 3.77. The highest BCUT2D eigenvalue weighted by Crippen LogP contribution is 2.17. The molecule has 0 amide bonds. The van der Waals surface area contributed by atoms with Crippen molar-refractivity contribution in [2.75, 3.05) is 20.6 Å². The number of aromatic nitrogens is 1. The summed E-state index contributed by atoms with van der Waals surface area (Å²) in [6.45, 7) is 5.47. The fourth-order valence-electron chi connectivity index (χ4n) is 2.46. The molecule has 0 bridgehead atoms. The van der Waals surface area contributed by atoms with Gasteiger partial charge in [0.2, 0.25) is 0 Å². The molecular formula is C17H24FIN4S. The number of hydrogen-bond donors (Lipinski definition) is 1. The monoisotopic (exact) mass is 462 g/mol. The lowest BCUT2D eigenvalue weighted by atomic mass is 10.2. The van der Waals surface area contributed by atoms with E-state index >= 15 is 0 Å². The Hall–Kier alpha value is -1.22. The maximum Gasteiger partial charge on any atom is 0.193 e. The number of halogens is 2. The minimum Gasteiger partial charge on any atom is -0.356 e. The van der Waals surface area contributed by atoms with Crippen molar-refractivity contribution in [3.63, 3.8) is 0 Å². The van der Waals surface area contributed by atoms with Gasteiger partial charge in [-0.05, 0) is 31.5 Å². The minimum absolute atomic E-state index is 0. The first-order valence-electron chi connectivity index (χ1n) is 7.58. The van der Waals surface area contributed by atoms with Crippen LogP contribution in [0.4, 0.5) is 4.39 Å². The Labute approximate surface area is 164 Å². The molecule has 0 spiro atoms. The van der Waals surface area contributed by atoms with Gasteiger partial charge in [0, 0.05) is 38.5 Å². The molecule has 0 fully saturated rings. The molecule has 0 unspecified atom stereocenters. The van der Waals surface area contributed by atoms with Gasteiger partial charge in [-0.3, -0.25) is 4.99 Å². The van der Waals surface area contributed by atoms with Crippen molar-refractivity contribution >= 4 is 41.3 Å². The number of nitrogens with one attached hydrogen (secondary N) is 1. The highest BCUT2D eigenvalue weighted by atomic mass is 127. The summed E-state index contributed by atoms with van der Waals surface area (Å²) in [5.74, 6) is 0.586. The van der Waals surface area contributed by atoms with Crippen molar-refractivity contribution < 1.29 is 4.39 Å². The Morgan fingerprint density at radius 2 is 2.12 bits per heavy atom. The summed E-state index contributed by atoms with van der Waals surface area (Å²) in [7, 11) is 3.70. The van der Waals surface area contributed by atoms with Crippen LogP contribution in [-0.4, -0.2) is 36.5 Å². The molecule has 1 heterocycles. The molecule has 1 aromatic heterocycles. The van der Waals surface area contributed by atoms with E-state index in [1.165, 1.54) is 10.9 Å². The molecule has 4 nitrogen and oxygen atoms in total. The highest BCUT2D eigenvalue weighted by molar-refractivity contribution is 14.0. The van der Waals surface area contributed by atoms with E-state index in [1.807, 2.05) is 31.9 Å². The summed E-state index contributed by atoms with van der Waals surface area (Å²) in [6.07, 6.45) is 0.921. The van der Waals surface area contributed by atoms with Gasteiger partial charge in [0.25, 0.3) is 0 Å². The van der Waals surface area contributed by atoms with Crippen molar-refractivity contribution in [3.05, 3.63) is 51.2 Å². The van der Waals surface area contributed by atoms with Crippen molar-refractivity contribution in [3.8, 4) is 0 Å². The number of thiazole rings is 1. The first-order chi connectivity index (χ1) is 11.0. The average Bonchev–Trinajstić information content (AvgIpc) is 2.81. The Balaban J connectivity index is 0.00000288. The molecule has 0 aliphatic rings. The molecule has 2 aromatic rings. The summed E-state index contributed by atoms with van der Waals surface area (Å²) in [5, 5.41) is 4.45. The van der Waals surface area contributed by atoms with Crippen molar-refractivity contribution in [1.29, 1.82) is 0 Å². The van der Waals surface area contributed by atoms with E-state index in [2.05, 4.69) is 15.3 Å². The Kier molecular flexibility index (Phi) is 8.61. The number of aryl methyl sites for hydroxylation is 2. The van der Waals surface area contributed by atoms with E-state index in [1.54, 1.807) is 30.5 Å². The number of nitrogens with zero attached hydrogens (tertiary/aromatic N) is 3. The molecular weight excluding hydrogens is 438 g/mol. The van der Waals surface area contributed by atoms with Gasteiger partial charge >= 0.3 is 0 Å². The molecule has 132 valence electrons.